The smallest absolute Gasteiger partial charge is 0.291 e. The van der Waals surface area contributed by atoms with E-state index in [1.165, 1.54) is 20.5 Å². The Morgan fingerprint density at radius 2 is 1.95 bits per heavy atom. The van der Waals surface area contributed by atoms with Crippen LogP contribution in [0.1, 0.15) is 10.6 Å². The highest BCUT2D eigenvalue weighted by Gasteiger charge is 2.14. The third-order valence-corrected chi connectivity index (χ3v) is 2.78. The van der Waals surface area contributed by atoms with Crippen LogP contribution in [0.25, 0.3) is 0 Å². The molecule has 19 heavy (non-hydrogen) atoms. The van der Waals surface area contributed by atoms with Gasteiger partial charge in [-0.25, -0.2) is 0 Å². The van der Waals surface area contributed by atoms with Gasteiger partial charge in [0.1, 0.15) is 0 Å². The summed E-state index contributed by atoms with van der Waals surface area (Å²) in [5, 5.41) is 2.98. The van der Waals surface area contributed by atoms with Crippen LogP contribution in [0.3, 0.4) is 0 Å². The molecule has 1 aromatic heterocycles. The first-order valence-electron chi connectivity index (χ1n) is 5.42. The number of halogens is 1. The van der Waals surface area contributed by atoms with Gasteiger partial charge in [0, 0.05) is 12.1 Å². The summed E-state index contributed by atoms with van der Waals surface area (Å²) in [5.74, 6) is 0.773. The summed E-state index contributed by atoms with van der Waals surface area (Å²) in [6, 6.07) is 6.34. The molecule has 0 unspecified atom stereocenters. The molecule has 2 rings (SSSR count). The molecule has 2 aromatic rings. The van der Waals surface area contributed by atoms with Crippen LogP contribution in [0.15, 0.2) is 34.9 Å². The Kier molecular flexibility index (Phi) is 3.97. The van der Waals surface area contributed by atoms with Crippen molar-refractivity contribution in [1.82, 2.24) is 0 Å². The average molecular weight is 282 g/mol. The largest absolute Gasteiger partial charge is 0.493 e. The van der Waals surface area contributed by atoms with Gasteiger partial charge >= 0.3 is 0 Å². The van der Waals surface area contributed by atoms with E-state index >= 15 is 0 Å². The third-order valence-electron chi connectivity index (χ3n) is 2.47. The Labute approximate surface area is 115 Å². The van der Waals surface area contributed by atoms with E-state index < -0.39 is 0 Å². The summed E-state index contributed by atoms with van der Waals surface area (Å²) in [6.07, 6.45) is 1.42. The number of hydrogen-bond donors (Lipinski definition) is 1. The number of furan rings is 1. The fourth-order valence-electron chi connectivity index (χ4n) is 1.54. The molecule has 1 aromatic carbocycles. The fourth-order valence-corrected chi connectivity index (χ4v) is 1.74. The highest BCUT2D eigenvalue weighted by Crippen LogP contribution is 2.36. The molecule has 0 aliphatic carbocycles. The van der Waals surface area contributed by atoms with Crippen molar-refractivity contribution in [3.63, 3.8) is 0 Å². The molecule has 1 amide bonds. The molecule has 0 spiro atoms. The van der Waals surface area contributed by atoms with Crippen LogP contribution >= 0.6 is 11.6 Å². The highest BCUT2D eigenvalue weighted by molar-refractivity contribution is 6.34. The van der Waals surface area contributed by atoms with E-state index in [0.29, 0.717) is 22.2 Å². The number of nitrogens with one attached hydrogen (secondary N) is 1. The van der Waals surface area contributed by atoms with Crippen molar-refractivity contribution < 1.29 is 18.7 Å². The molecule has 0 saturated carbocycles. The molecule has 0 atom stereocenters. The van der Waals surface area contributed by atoms with Crippen molar-refractivity contribution in [1.29, 1.82) is 0 Å². The molecular formula is C13H12ClNO4. The zero-order chi connectivity index (χ0) is 13.8. The van der Waals surface area contributed by atoms with Crippen molar-refractivity contribution in [2.45, 2.75) is 0 Å². The van der Waals surface area contributed by atoms with E-state index in [2.05, 4.69) is 5.32 Å². The zero-order valence-corrected chi connectivity index (χ0v) is 11.2. The fraction of sp³-hybridized carbons (Fsp3) is 0.154. The quantitative estimate of drug-likeness (QED) is 0.935. The third kappa shape index (κ3) is 2.82. The van der Waals surface area contributed by atoms with Crippen LogP contribution in [0.2, 0.25) is 5.02 Å². The molecule has 100 valence electrons. The second-order valence-corrected chi connectivity index (χ2v) is 4.03. The molecule has 0 aliphatic rings. The van der Waals surface area contributed by atoms with Crippen molar-refractivity contribution in [3.05, 3.63) is 41.3 Å². The molecule has 0 saturated heterocycles. The summed E-state index contributed by atoms with van der Waals surface area (Å²) < 4.78 is 15.3. The standard InChI is InChI=1S/C13H12ClNO4/c1-17-11-6-8(14)9(7-12(11)18-2)15-13(16)10-4-3-5-19-10/h3-7H,1-2H3,(H,15,16). The van der Waals surface area contributed by atoms with Crippen LogP contribution in [-0.4, -0.2) is 20.1 Å². The predicted molar refractivity (Wildman–Crippen MR) is 71.2 cm³/mol. The number of ether oxygens (including phenoxy) is 2. The van der Waals surface area contributed by atoms with Gasteiger partial charge in [0.2, 0.25) is 0 Å². The zero-order valence-electron chi connectivity index (χ0n) is 10.4. The van der Waals surface area contributed by atoms with Crippen molar-refractivity contribution >= 4 is 23.2 Å². The minimum Gasteiger partial charge on any atom is -0.493 e. The number of amides is 1. The first-order valence-corrected chi connectivity index (χ1v) is 5.80. The molecule has 5 nitrogen and oxygen atoms in total. The van der Waals surface area contributed by atoms with Gasteiger partial charge in [0.15, 0.2) is 17.3 Å². The van der Waals surface area contributed by atoms with E-state index in [1.54, 1.807) is 24.3 Å². The normalized spacial score (nSPS) is 10.1. The summed E-state index contributed by atoms with van der Waals surface area (Å²) in [6.45, 7) is 0. The summed E-state index contributed by atoms with van der Waals surface area (Å²) in [4.78, 5) is 11.8. The van der Waals surface area contributed by atoms with Gasteiger partial charge in [0.25, 0.3) is 5.91 Å². The van der Waals surface area contributed by atoms with Crippen molar-refractivity contribution in [2.75, 3.05) is 19.5 Å². The number of anilines is 1. The second-order valence-electron chi connectivity index (χ2n) is 3.62. The van der Waals surface area contributed by atoms with E-state index in [9.17, 15) is 4.79 Å². The lowest BCUT2D eigenvalue weighted by Gasteiger charge is -2.12. The SMILES string of the molecule is COc1cc(Cl)c(NC(=O)c2ccco2)cc1OC. The number of carbonyl (C=O) groups is 1. The van der Waals surface area contributed by atoms with E-state index in [-0.39, 0.29) is 11.7 Å². The predicted octanol–water partition coefficient (Wildman–Crippen LogP) is 3.20. The minimum atomic E-state index is -0.390. The maximum absolute atomic E-state index is 11.8. The lowest BCUT2D eigenvalue weighted by Crippen LogP contribution is -2.11. The van der Waals surface area contributed by atoms with Gasteiger partial charge in [-0.05, 0) is 12.1 Å². The van der Waals surface area contributed by atoms with Gasteiger partial charge in [-0.3, -0.25) is 4.79 Å². The van der Waals surface area contributed by atoms with Crippen LogP contribution in [0, 0.1) is 0 Å². The molecular weight excluding hydrogens is 270 g/mol. The summed E-state index contributed by atoms with van der Waals surface area (Å²) in [5.41, 5.74) is 0.417. The van der Waals surface area contributed by atoms with E-state index in [1.807, 2.05) is 0 Å². The maximum Gasteiger partial charge on any atom is 0.291 e. The first-order chi connectivity index (χ1) is 9.15. The summed E-state index contributed by atoms with van der Waals surface area (Å²) >= 11 is 6.06. The van der Waals surface area contributed by atoms with Gasteiger partial charge in [-0.15, -0.1) is 0 Å². The maximum atomic E-state index is 11.8. The lowest BCUT2D eigenvalue weighted by molar-refractivity contribution is 0.0996. The number of carbonyl (C=O) groups excluding carboxylic acids is 1. The van der Waals surface area contributed by atoms with Gasteiger partial charge in [-0.1, -0.05) is 11.6 Å². The number of hydrogen-bond acceptors (Lipinski definition) is 4. The first kappa shape index (κ1) is 13.3. The van der Waals surface area contributed by atoms with E-state index in [0.717, 1.165) is 0 Å². The molecule has 0 aliphatic heterocycles. The molecule has 0 radical (unpaired) electrons. The Morgan fingerprint density at radius 3 is 2.53 bits per heavy atom. The Bertz CT molecular complexity index is 581. The number of benzene rings is 1. The Morgan fingerprint density at radius 1 is 1.26 bits per heavy atom. The minimum absolute atomic E-state index is 0.200. The monoisotopic (exact) mass is 281 g/mol. The van der Waals surface area contributed by atoms with Crippen LogP contribution in [-0.2, 0) is 0 Å². The van der Waals surface area contributed by atoms with Crippen LogP contribution in [0.5, 0.6) is 11.5 Å². The molecule has 0 bridgehead atoms. The Balaban J connectivity index is 2.28. The Hall–Kier alpha value is -2.14. The molecule has 1 N–H and O–H groups in total. The van der Waals surface area contributed by atoms with Crippen LogP contribution < -0.4 is 14.8 Å². The second kappa shape index (κ2) is 5.67. The van der Waals surface area contributed by atoms with Crippen molar-refractivity contribution in [3.8, 4) is 11.5 Å². The highest BCUT2D eigenvalue weighted by atomic mass is 35.5. The van der Waals surface area contributed by atoms with E-state index in [4.69, 9.17) is 25.5 Å². The molecule has 1 heterocycles. The topological polar surface area (TPSA) is 60.7 Å². The van der Waals surface area contributed by atoms with Crippen LogP contribution in [0.4, 0.5) is 5.69 Å². The average Bonchev–Trinajstić information content (AvgIpc) is 2.94. The lowest BCUT2D eigenvalue weighted by atomic mass is 10.2. The van der Waals surface area contributed by atoms with Gasteiger partial charge < -0.3 is 19.2 Å². The van der Waals surface area contributed by atoms with Crippen molar-refractivity contribution in [2.24, 2.45) is 0 Å². The molecule has 6 heteroatoms. The molecule has 0 fully saturated rings. The number of rotatable bonds is 4. The number of methoxy groups -OCH3 is 2. The van der Waals surface area contributed by atoms with Gasteiger partial charge in [0.05, 0.1) is 31.2 Å². The van der Waals surface area contributed by atoms with Gasteiger partial charge in [-0.2, -0.15) is 0 Å². The summed E-state index contributed by atoms with van der Waals surface area (Å²) in [7, 11) is 3.01.